The average molecular weight is 241 g/mol. The van der Waals surface area contributed by atoms with Gasteiger partial charge in [0.2, 0.25) is 5.91 Å². The highest BCUT2D eigenvalue weighted by Gasteiger charge is 2.34. The number of carbonyl (C=O) groups is 2. The zero-order valence-electron chi connectivity index (χ0n) is 10.8. The van der Waals surface area contributed by atoms with Crippen LogP contribution in [0.25, 0.3) is 0 Å². The third kappa shape index (κ3) is 4.02. The third-order valence-electron chi connectivity index (χ3n) is 3.59. The first kappa shape index (κ1) is 14.0. The third-order valence-corrected chi connectivity index (χ3v) is 3.59. The SMILES string of the molecule is CCCC(C)(NC(=O)CC1CCCC1)C(=O)O. The van der Waals surface area contributed by atoms with Crippen molar-refractivity contribution < 1.29 is 14.7 Å². The van der Waals surface area contributed by atoms with Crippen molar-refractivity contribution in [3.8, 4) is 0 Å². The molecule has 4 heteroatoms. The van der Waals surface area contributed by atoms with E-state index in [0.717, 1.165) is 19.3 Å². The van der Waals surface area contributed by atoms with E-state index in [1.807, 2.05) is 6.92 Å². The van der Waals surface area contributed by atoms with E-state index in [1.54, 1.807) is 6.92 Å². The Labute approximate surface area is 103 Å². The van der Waals surface area contributed by atoms with Gasteiger partial charge in [0.25, 0.3) is 0 Å². The molecular formula is C13H23NO3. The average Bonchev–Trinajstić information content (AvgIpc) is 2.70. The quantitative estimate of drug-likeness (QED) is 0.750. The Hall–Kier alpha value is -1.06. The fourth-order valence-corrected chi connectivity index (χ4v) is 2.56. The van der Waals surface area contributed by atoms with Gasteiger partial charge in [0.05, 0.1) is 0 Å². The minimum atomic E-state index is -1.11. The molecule has 0 spiro atoms. The molecule has 1 fully saturated rings. The lowest BCUT2D eigenvalue weighted by Gasteiger charge is -2.26. The summed E-state index contributed by atoms with van der Waals surface area (Å²) in [5.74, 6) is -0.607. The Bertz CT molecular complexity index is 284. The molecule has 1 unspecified atom stereocenters. The van der Waals surface area contributed by atoms with E-state index in [1.165, 1.54) is 12.8 Å². The summed E-state index contributed by atoms with van der Waals surface area (Å²) in [4.78, 5) is 23.0. The number of amides is 1. The Morgan fingerprint density at radius 3 is 2.41 bits per heavy atom. The predicted octanol–water partition coefficient (Wildman–Crippen LogP) is 2.33. The van der Waals surface area contributed by atoms with Gasteiger partial charge in [-0.25, -0.2) is 4.79 Å². The van der Waals surface area contributed by atoms with Crippen molar-refractivity contribution in [2.24, 2.45) is 5.92 Å². The van der Waals surface area contributed by atoms with Gasteiger partial charge < -0.3 is 10.4 Å². The molecule has 1 amide bonds. The van der Waals surface area contributed by atoms with E-state index in [4.69, 9.17) is 5.11 Å². The van der Waals surface area contributed by atoms with Crippen LogP contribution in [0.5, 0.6) is 0 Å². The summed E-state index contributed by atoms with van der Waals surface area (Å²) in [5.41, 5.74) is -1.11. The lowest BCUT2D eigenvalue weighted by Crippen LogP contribution is -2.52. The van der Waals surface area contributed by atoms with E-state index in [2.05, 4.69) is 5.32 Å². The largest absolute Gasteiger partial charge is 0.480 e. The standard InChI is InChI=1S/C13H23NO3/c1-3-8-13(2,12(16)17)14-11(15)9-10-6-4-5-7-10/h10H,3-9H2,1-2H3,(H,14,15)(H,16,17). The fourth-order valence-electron chi connectivity index (χ4n) is 2.56. The second-order valence-electron chi connectivity index (χ2n) is 5.29. The molecule has 1 atom stereocenters. The molecule has 0 aliphatic heterocycles. The van der Waals surface area contributed by atoms with Crippen LogP contribution in [0.1, 0.15) is 58.8 Å². The van der Waals surface area contributed by atoms with Crippen LogP contribution in [0, 0.1) is 5.92 Å². The Morgan fingerprint density at radius 1 is 1.35 bits per heavy atom. The molecule has 1 aliphatic rings. The number of rotatable bonds is 6. The van der Waals surface area contributed by atoms with E-state index >= 15 is 0 Å². The zero-order valence-corrected chi connectivity index (χ0v) is 10.8. The van der Waals surface area contributed by atoms with E-state index in [0.29, 0.717) is 18.8 Å². The van der Waals surface area contributed by atoms with Gasteiger partial charge in [-0.3, -0.25) is 4.79 Å². The van der Waals surface area contributed by atoms with Crippen LogP contribution in [0.4, 0.5) is 0 Å². The second kappa shape index (κ2) is 6.03. The summed E-state index contributed by atoms with van der Waals surface area (Å²) < 4.78 is 0. The van der Waals surface area contributed by atoms with Crippen molar-refractivity contribution in [1.29, 1.82) is 0 Å². The molecule has 2 N–H and O–H groups in total. The van der Waals surface area contributed by atoms with Crippen LogP contribution in [-0.4, -0.2) is 22.5 Å². The number of hydrogen-bond donors (Lipinski definition) is 2. The summed E-state index contributed by atoms with van der Waals surface area (Å²) in [7, 11) is 0. The van der Waals surface area contributed by atoms with E-state index in [9.17, 15) is 9.59 Å². The highest BCUT2D eigenvalue weighted by atomic mass is 16.4. The van der Waals surface area contributed by atoms with Crippen LogP contribution in [0.15, 0.2) is 0 Å². The molecule has 0 aromatic rings. The van der Waals surface area contributed by atoms with Gasteiger partial charge >= 0.3 is 5.97 Å². The Kier molecular flexibility index (Phi) is 4.97. The maximum Gasteiger partial charge on any atom is 0.329 e. The van der Waals surface area contributed by atoms with Crippen LogP contribution in [0.3, 0.4) is 0 Å². The maximum absolute atomic E-state index is 11.8. The predicted molar refractivity (Wildman–Crippen MR) is 65.7 cm³/mol. The van der Waals surface area contributed by atoms with Crippen molar-refractivity contribution in [1.82, 2.24) is 5.32 Å². The summed E-state index contributed by atoms with van der Waals surface area (Å²) in [6.07, 6.45) is 6.29. The molecule has 1 saturated carbocycles. The molecule has 0 aromatic heterocycles. The number of hydrogen-bond acceptors (Lipinski definition) is 2. The van der Waals surface area contributed by atoms with Crippen LogP contribution >= 0.6 is 0 Å². The van der Waals surface area contributed by atoms with Crippen LogP contribution in [-0.2, 0) is 9.59 Å². The van der Waals surface area contributed by atoms with Crippen molar-refractivity contribution in [3.63, 3.8) is 0 Å². The van der Waals surface area contributed by atoms with Gasteiger partial charge in [-0.1, -0.05) is 26.2 Å². The van der Waals surface area contributed by atoms with Crippen molar-refractivity contribution in [2.75, 3.05) is 0 Å². The Morgan fingerprint density at radius 2 is 1.94 bits per heavy atom. The molecule has 0 bridgehead atoms. The molecule has 0 heterocycles. The summed E-state index contributed by atoms with van der Waals surface area (Å²) in [6, 6.07) is 0. The molecular weight excluding hydrogens is 218 g/mol. The molecule has 0 aromatic carbocycles. The highest BCUT2D eigenvalue weighted by molar-refractivity contribution is 5.86. The normalized spacial score (nSPS) is 19.9. The number of nitrogens with one attached hydrogen (secondary N) is 1. The zero-order chi connectivity index (χ0) is 12.9. The number of aliphatic carboxylic acids is 1. The summed E-state index contributed by atoms with van der Waals surface area (Å²) >= 11 is 0. The van der Waals surface area contributed by atoms with Crippen molar-refractivity contribution >= 4 is 11.9 Å². The fraction of sp³-hybridized carbons (Fsp3) is 0.846. The van der Waals surface area contributed by atoms with Gasteiger partial charge in [0.1, 0.15) is 5.54 Å². The smallest absolute Gasteiger partial charge is 0.329 e. The minimum absolute atomic E-state index is 0.116. The van der Waals surface area contributed by atoms with Gasteiger partial charge in [-0.05, 0) is 32.1 Å². The van der Waals surface area contributed by atoms with Gasteiger partial charge in [-0.2, -0.15) is 0 Å². The Balaban J connectivity index is 2.48. The molecule has 98 valence electrons. The van der Waals surface area contributed by atoms with Crippen LogP contribution in [0.2, 0.25) is 0 Å². The topological polar surface area (TPSA) is 66.4 Å². The highest BCUT2D eigenvalue weighted by Crippen LogP contribution is 2.27. The molecule has 17 heavy (non-hydrogen) atoms. The van der Waals surface area contributed by atoms with E-state index < -0.39 is 11.5 Å². The van der Waals surface area contributed by atoms with Gasteiger partial charge in [0, 0.05) is 6.42 Å². The molecule has 1 aliphatic carbocycles. The minimum Gasteiger partial charge on any atom is -0.480 e. The first-order valence-electron chi connectivity index (χ1n) is 6.52. The number of carboxylic acid groups (broad SMARTS) is 1. The maximum atomic E-state index is 11.8. The molecule has 1 rings (SSSR count). The van der Waals surface area contributed by atoms with Gasteiger partial charge in [0.15, 0.2) is 0 Å². The summed E-state index contributed by atoms with van der Waals surface area (Å²) in [5, 5.41) is 11.8. The van der Waals surface area contributed by atoms with E-state index in [-0.39, 0.29) is 5.91 Å². The molecule has 0 saturated heterocycles. The lowest BCUT2D eigenvalue weighted by atomic mass is 9.95. The monoisotopic (exact) mass is 241 g/mol. The molecule has 4 nitrogen and oxygen atoms in total. The molecule has 0 radical (unpaired) electrons. The summed E-state index contributed by atoms with van der Waals surface area (Å²) in [6.45, 7) is 3.51. The van der Waals surface area contributed by atoms with Crippen molar-refractivity contribution in [3.05, 3.63) is 0 Å². The second-order valence-corrected chi connectivity index (χ2v) is 5.29. The van der Waals surface area contributed by atoms with Crippen LogP contribution < -0.4 is 5.32 Å². The number of carboxylic acids is 1. The first-order valence-corrected chi connectivity index (χ1v) is 6.52. The lowest BCUT2D eigenvalue weighted by molar-refractivity contribution is -0.147. The van der Waals surface area contributed by atoms with Gasteiger partial charge in [-0.15, -0.1) is 0 Å². The van der Waals surface area contributed by atoms with Crippen molar-refractivity contribution in [2.45, 2.75) is 64.3 Å². The first-order chi connectivity index (χ1) is 7.98. The number of carbonyl (C=O) groups excluding carboxylic acids is 1.